The van der Waals surface area contributed by atoms with Crippen LogP contribution in [0.2, 0.25) is 0 Å². The van der Waals surface area contributed by atoms with Gasteiger partial charge in [0.15, 0.2) is 0 Å². The number of ether oxygens (including phenoxy) is 1. The molecule has 19 heavy (non-hydrogen) atoms. The van der Waals surface area contributed by atoms with Gasteiger partial charge in [0.2, 0.25) is 0 Å². The second-order valence-electron chi connectivity index (χ2n) is 5.42. The molecule has 1 aliphatic rings. The van der Waals surface area contributed by atoms with E-state index in [1.54, 1.807) is 0 Å². The van der Waals surface area contributed by atoms with Crippen molar-refractivity contribution in [2.75, 3.05) is 6.61 Å². The van der Waals surface area contributed by atoms with Crippen LogP contribution >= 0.6 is 11.3 Å². The van der Waals surface area contributed by atoms with Gasteiger partial charge in [-0.05, 0) is 39.5 Å². The van der Waals surface area contributed by atoms with Crippen molar-refractivity contribution < 1.29 is 4.74 Å². The van der Waals surface area contributed by atoms with Crippen molar-refractivity contribution in [3.63, 3.8) is 0 Å². The molecule has 0 spiro atoms. The number of aromatic nitrogens is 1. The highest BCUT2D eigenvalue weighted by molar-refractivity contribution is 7.11. The highest BCUT2D eigenvalue weighted by Gasteiger charge is 2.30. The number of nitrogens with zero attached hydrogens (tertiary/aromatic N) is 1. The minimum absolute atomic E-state index is 0.221. The van der Waals surface area contributed by atoms with Gasteiger partial charge in [-0.1, -0.05) is 13.8 Å². The zero-order chi connectivity index (χ0) is 13.9. The van der Waals surface area contributed by atoms with Gasteiger partial charge in [0.05, 0.1) is 5.69 Å². The molecule has 0 saturated heterocycles. The Bertz CT molecular complexity index is 414. The summed E-state index contributed by atoms with van der Waals surface area (Å²) in [5, 5.41) is 4.73. The third kappa shape index (κ3) is 3.56. The Balaban J connectivity index is 2.15. The Morgan fingerprint density at radius 3 is 2.63 bits per heavy atom. The molecule has 0 bridgehead atoms. The molecular formula is C15H26N2OS. The lowest BCUT2D eigenvalue weighted by Gasteiger charge is -2.25. The molecule has 1 unspecified atom stereocenters. The summed E-state index contributed by atoms with van der Waals surface area (Å²) >= 11 is 1.83. The minimum Gasteiger partial charge on any atom is -0.368 e. The van der Waals surface area contributed by atoms with Gasteiger partial charge in [0.1, 0.15) is 10.6 Å². The molecule has 3 nitrogen and oxygen atoms in total. The van der Waals surface area contributed by atoms with Crippen molar-refractivity contribution in [2.45, 2.75) is 71.6 Å². The van der Waals surface area contributed by atoms with Crippen LogP contribution in [0.4, 0.5) is 0 Å². The second kappa shape index (κ2) is 6.33. The van der Waals surface area contributed by atoms with E-state index in [9.17, 15) is 0 Å². The number of thiazole rings is 1. The quantitative estimate of drug-likeness (QED) is 0.791. The van der Waals surface area contributed by atoms with E-state index >= 15 is 0 Å². The summed E-state index contributed by atoms with van der Waals surface area (Å²) in [6, 6.07) is 0.750. The fraction of sp³-hybridized carbons (Fsp3) is 0.800. The van der Waals surface area contributed by atoms with Crippen molar-refractivity contribution in [3.8, 4) is 0 Å². The molecular weight excluding hydrogens is 256 g/mol. The van der Waals surface area contributed by atoms with Crippen LogP contribution in [0.3, 0.4) is 0 Å². The lowest BCUT2D eigenvalue weighted by molar-refractivity contribution is -0.0325. The highest BCUT2D eigenvalue weighted by Crippen LogP contribution is 2.34. The maximum atomic E-state index is 5.94. The number of hydrogen-bond acceptors (Lipinski definition) is 4. The maximum Gasteiger partial charge on any atom is 0.125 e. The average molecular weight is 282 g/mol. The minimum atomic E-state index is -0.221. The first-order valence-corrected chi connectivity index (χ1v) is 8.31. The topological polar surface area (TPSA) is 34.1 Å². The van der Waals surface area contributed by atoms with E-state index in [4.69, 9.17) is 9.72 Å². The largest absolute Gasteiger partial charge is 0.368 e. The molecule has 1 atom stereocenters. The Morgan fingerprint density at radius 1 is 1.37 bits per heavy atom. The lowest BCUT2D eigenvalue weighted by Crippen LogP contribution is -2.24. The van der Waals surface area contributed by atoms with E-state index in [2.05, 4.69) is 33.0 Å². The maximum absolute atomic E-state index is 5.94. The fourth-order valence-electron chi connectivity index (χ4n) is 2.18. The highest BCUT2D eigenvalue weighted by atomic mass is 32.1. The molecule has 1 aromatic rings. The fourth-order valence-corrected chi connectivity index (χ4v) is 3.45. The Labute approximate surface area is 120 Å². The van der Waals surface area contributed by atoms with Crippen molar-refractivity contribution in [3.05, 3.63) is 15.6 Å². The molecule has 0 radical (unpaired) electrons. The van der Waals surface area contributed by atoms with E-state index in [1.807, 2.05) is 11.3 Å². The summed E-state index contributed by atoms with van der Waals surface area (Å²) < 4.78 is 5.94. The van der Waals surface area contributed by atoms with Gasteiger partial charge in [-0.25, -0.2) is 4.98 Å². The molecule has 1 saturated carbocycles. The van der Waals surface area contributed by atoms with Crippen molar-refractivity contribution in [1.82, 2.24) is 10.3 Å². The third-order valence-corrected chi connectivity index (χ3v) is 5.17. The molecule has 1 aliphatic carbocycles. The van der Waals surface area contributed by atoms with Crippen LogP contribution in [0, 0.1) is 0 Å². The van der Waals surface area contributed by atoms with Crippen LogP contribution in [0.25, 0.3) is 0 Å². The Kier molecular flexibility index (Phi) is 4.98. The standard InChI is InChI=1S/C15H26N2OS/c1-5-12-13(10-16-11-8-9-11)19-14(17-12)15(4,6-2)18-7-3/h11,16H,5-10H2,1-4H3. The van der Waals surface area contributed by atoms with Gasteiger partial charge in [-0.2, -0.15) is 0 Å². The van der Waals surface area contributed by atoms with Gasteiger partial charge < -0.3 is 10.1 Å². The van der Waals surface area contributed by atoms with E-state index < -0.39 is 0 Å². The van der Waals surface area contributed by atoms with Crippen LogP contribution in [-0.4, -0.2) is 17.6 Å². The van der Waals surface area contributed by atoms with E-state index in [0.29, 0.717) is 0 Å². The van der Waals surface area contributed by atoms with E-state index in [1.165, 1.54) is 23.4 Å². The summed E-state index contributed by atoms with van der Waals surface area (Å²) in [7, 11) is 0. The van der Waals surface area contributed by atoms with Crippen LogP contribution in [-0.2, 0) is 23.3 Å². The Morgan fingerprint density at radius 2 is 2.11 bits per heavy atom. The van der Waals surface area contributed by atoms with Crippen LogP contribution in [0.5, 0.6) is 0 Å². The first-order valence-electron chi connectivity index (χ1n) is 7.49. The SMILES string of the molecule is CCOC(C)(CC)c1nc(CC)c(CNC2CC2)s1. The van der Waals surface area contributed by atoms with E-state index in [0.717, 1.165) is 37.0 Å². The number of hydrogen-bond donors (Lipinski definition) is 1. The molecule has 2 rings (SSSR count). The monoisotopic (exact) mass is 282 g/mol. The molecule has 0 amide bonds. The van der Waals surface area contributed by atoms with Gasteiger partial charge in [0, 0.05) is 24.1 Å². The predicted molar refractivity (Wildman–Crippen MR) is 80.6 cm³/mol. The lowest BCUT2D eigenvalue weighted by atomic mass is 10.0. The summed E-state index contributed by atoms with van der Waals surface area (Å²) in [4.78, 5) is 6.23. The molecule has 1 aromatic heterocycles. The number of nitrogens with one attached hydrogen (secondary N) is 1. The van der Waals surface area contributed by atoms with Crippen molar-refractivity contribution >= 4 is 11.3 Å². The molecule has 4 heteroatoms. The zero-order valence-electron chi connectivity index (χ0n) is 12.6. The summed E-state index contributed by atoms with van der Waals surface area (Å²) in [6.45, 7) is 10.3. The zero-order valence-corrected chi connectivity index (χ0v) is 13.4. The van der Waals surface area contributed by atoms with Gasteiger partial charge in [-0.3, -0.25) is 0 Å². The van der Waals surface area contributed by atoms with Crippen LogP contribution < -0.4 is 5.32 Å². The first-order chi connectivity index (χ1) is 9.12. The first kappa shape index (κ1) is 14.9. The molecule has 1 fully saturated rings. The predicted octanol–water partition coefficient (Wildman–Crippen LogP) is 3.62. The summed E-state index contributed by atoms with van der Waals surface area (Å²) in [5.41, 5.74) is 1.02. The number of aryl methyl sites for hydroxylation is 1. The number of rotatable bonds is 8. The van der Waals surface area contributed by atoms with E-state index in [-0.39, 0.29) is 5.60 Å². The molecule has 1 heterocycles. The molecule has 0 aromatic carbocycles. The average Bonchev–Trinajstić information content (AvgIpc) is 3.15. The van der Waals surface area contributed by atoms with Crippen molar-refractivity contribution in [2.24, 2.45) is 0 Å². The molecule has 108 valence electrons. The van der Waals surface area contributed by atoms with Gasteiger partial charge in [0.25, 0.3) is 0 Å². The smallest absolute Gasteiger partial charge is 0.125 e. The molecule has 1 N–H and O–H groups in total. The van der Waals surface area contributed by atoms with Crippen LogP contribution in [0.1, 0.15) is 62.5 Å². The van der Waals surface area contributed by atoms with Crippen LogP contribution in [0.15, 0.2) is 0 Å². The third-order valence-electron chi connectivity index (χ3n) is 3.83. The Hall–Kier alpha value is -0.450. The molecule has 0 aliphatic heterocycles. The van der Waals surface area contributed by atoms with Gasteiger partial charge in [-0.15, -0.1) is 11.3 Å². The van der Waals surface area contributed by atoms with Crippen molar-refractivity contribution in [1.29, 1.82) is 0 Å². The second-order valence-corrected chi connectivity index (χ2v) is 6.50. The van der Waals surface area contributed by atoms with Gasteiger partial charge >= 0.3 is 0 Å². The summed E-state index contributed by atoms with van der Waals surface area (Å²) in [5.74, 6) is 0. The normalized spacial score (nSPS) is 18.5. The summed E-state index contributed by atoms with van der Waals surface area (Å²) in [6.07, 6.45) is 4.63.